The molecule has 0 aliphatic heterocycles. The number of ether oxygens (including phenoxy) is 1. The summed E-state index contributed by atoms with van der Waals surface area (Å²) in [6.07, 6.45) is 4.86. The third-order valence-electron chi connectivity index (χ3n) is 1.93. The van der Waals surface area contributed by atoms with Crippen molar-refractivity contribution in [3.8, 4) is 0 Å². The molecule has 4 heteroatoms. The maximum Gasteiger partial charge on any atom is 0.141 e. The molecule has 1 aliphatic carbocycles. The van der Waals surface area contributed by atoms with Gasteiger partial charge in [0.2, 0.25) is 0 Å². The number of nitrogens with zero attached hydrogens (tertiary/aromatic N) is 1. The van der Waals surface area contributed by atoms with E-state index in [1.807, 2.05) is 12.3 Å². The van der Waals surface area contributed by atoms with Crippen LogP contribution in [-0.2, 0) is 11.2 Å². The Hall–Kier alpha value is -0.770. The molecule has 1 unspecified atom stereocenters. The number of halogens is 1. The predicted molar refractivity (Wildman–Crippen MR) is 50.0 cm³/mol. The van der Waals surface area contributed by atoms with Crippen LogP contribution in [0, 0.1) is 0 Å². The number of hydrogen-bond acceptors (Lipinski definition) is 2. The molecule has 1 N–H and O–H groups in total. The summed E-state index contributed by atoms with van der Waals surface area (Å²) in [6, 6.07) is 0. The lowest BCUT2D eigenvalue weighted by Gasteiger charge is -2.15. The highest BCUT2D eigenvalue weighted by atomic mass is 79.9. The van der Waals surface area contributed by atoms with Crippen LogP contribution < -0.4 is 0 Å². The molecular formula is C8H9BrN2O. The molecule has 0 bridgehead atoms. The minimum atomic E-state index is 0.359. The lowest BCUT2D eigenvalue weighted by Crippen LogP contribution is -2.08. The van der Waals surface area contributed by atoms with Gasteiger partial charge in [0.15, 0.2) is 0 Å². The first-order valence-electron chi connectivity index (χ1n) is 3.73. The van der Waals surface area contributed by atoms with Crippen LogP contribution in [0.2, 0.25) is 0 Å². The molecule has 3 nitrogen and oxygen atoms in total. The first-order chi connectivity index (χ1) is 5.81. The third-order valence-corrected chi connectivity index (χ3v) is 2.52. The van der Waals surface area contributed by atoms with Crippen molar-refractivity contribution in [1.29, 1.82) is 0 Å². The van der Waals surface area contributed by atoms with Crippen LogP contribution in [0.5, 0.6) is 0 Å². The number of fused-ring (bicyclic) bond motifs is 1. The van der Waals surface area contributed by atoms with Crippen molar-refractivity contribution >= 4 is 21.7 Å². The Kier molecular flexibility index (Phi) is 1.92. The van der Waals surface area contributed by atoms with Crippen molar-refractivity contribution < 1.29 is 4.74 Å². The molecule has 0 saturated heterocycles. The van der Waals surface area contributed by atoms with Gasteiger partial charge in [-0.1, -0.05) is 15.9 Å². The highest BCUT2D eigenvalue weighted by Gasteiger charge is 2.19. The van der Waals surface area contributed by atoms with Crippen LogP contribution in [0.3, 0.4) is 0 Å². The molecule has 1 aromatic rings. The van der Waals surface area contributed by atoms with E-state index in [1.165, 1.54) is 5.56 Å². The molecule has 12 heavy (non-hydrogen) atoms. The van der Waals surface area contributed by atoms with Gasteiger partial charge in [0, 0.05) is 10.4 Å². The predicted octanol–water partition coefficient (Wildman–Crippen LogP) is 1.72. The average Bonchev–Trinajstić information content (AvgIpc) is 2.50. The van der Waals surface area contributed by atoms with Gasteiger partial charge < -0.3 is 4.74 Å². The molecule has 64 valence electrons. The SMILES string of the molecule is COC1=CC(Br)Cc2cn[nH]c21. The Morgan fingerprint density at radius 2 is 2.58 bits per heavy atom. The van der Waals surface area contributed by atoms with Crippen LogP contribution >= 0.6 is 15.9 Å². The van der Waals surface area contributed by atoms with Crippen LogP contribution in [0.1, 0.15) is 11.3 Å². The Labute approximate surface area is 78.9 Å². The minimum absolute atomic E-state index is 0.359. The largest absolute Gasteiger partial charge is 0.495 e. The van der Waals surface area contributed by atoms with Crippen molar-refractivity contribution in [1.82, 2.24) is 10.2 Å². The molecule has 0 amide bonds. The van der Waals surface area contributed by atoms with Gasteiger partial charge in [-0.15, -0.1) is 0 Å². The van der Waals surface area contributed by atoms with Gasteiger partial charge in [-0.3, -0.25) is 5.10 Å². The summed E-state index contributed by atoms with van der Waals surface area (Å²) in [6.45, 7) is 0. The zero-order valence-electron chi connectivity index (χ0n) is 6.67. The highest BCUT2D eigenvalue weighted by molar-refractivity contribution is 9.09. The van der Waals surface area contributed by atoms with E-state index in [0.29, 0.717) is 4.83 Å². The molecule has 1 atom stereocenters. The number of aromatic nitrogens is 2. The van der Waals surface area contributed by atoms with E-state index in [0.717, 1.165) is 17.9 Å². The third kappa shape index (κ3) is 1.16. The molecule has 1 aromatic heterocycles. The first kappa shape index (κ1) is 7.86. The Bertz CT molecular complexity index is 319. The Balaban J connectivity index is 2.44. The van der Waals surface area contributed by atoms with Crippen LogP contribution in [-0.4, -0.2) is 22.1 Å². The van der Waals surface area contributed by atoms with E-state index < -0.39 is 0 Å². The minimum Gasteiger partial charge on any atom is -0.495 e. The summed E-state index contributed by atoms with van der Waals surface area (Å²) < 4.78 is 5.21. The highest BCUT2D eigenvalue weighted by Crippen LogP contribution is 2.27. The van der Waals surface area contributed by atoms with Gasteiger partial charge >= 0.3 is 0 Å². The zero-order chi connectivity index (χ0) is 8.55. The molecule has 0 spiro atoms. The number of aromatic amines is 1. The molecule has 1 aliphatic rings. The van der Waals surface area contributed by atoms with Gasteiger partial charge in [-0.25, -0.2) is 0 Å². The fraction of sp³-hybridized carbons (Fsp3) is 0.375. The standard InChI is InChI=1S/C8H9BrN2O/c1-12-7-3-6(9)2-5-4-10-11-8(5)7/h3-4,6H,2H2,1H3,(H,10,11). The van der Waals surface area contributed by atoms with Gasteiger partial charge in [-0.05, 0) is 12.5 Å². The van der Waals surface area contributed by atoms with Gasteiger partial charge in [0.05, 0.1) is 13.3 Å². The Morgan fingerprint density at radius 1 is 1.75 bits per heavy atom. The monoisotopic (exact) mass is 228 g/mol. The summed E-state index contributed by atoms with van der Waals surface area (Å²) in [5.41, 5.74) is 2.21. The number of allylic oxidation sites excluding steroid dienone is 1. The molecule has 0 fully saturated rings. The second kappa shape index (κ2) is 2.94. The number of H-pyrrole nitrogens is 1. The zero-order valence-corrected chi connectivity index (χ0v) is 8.26. The quantitative estimate of drug-likeness (QED) is 0.744. The lowest BCUT2D eigenvalue weighted by atomic mass is 10.0. The van der Waals surface area contributed by atoms with E-state index in [9.17, 15) is 0 Å². The number of hydrogen-bond donors (Lipinski definition) is 1. The summed E-state index contributed by atoms with van der Waals surface area (Å²) >= 11 is 3.53. The summed E-state index contributed by atoms with van der Waals surface area (Å²) in [7, 11) is 1.67. The summed E-state index contributed by atoms with van der Waals surface area (Å²) in [5.74, 6) is 0.871. The van der Waals surface area contributed by atoms with Crippen molar-refractivity contribution in [3.05, 3.63) is 23.5 Å². The van der Waals surface area contributed by atoms with E-state index in [1.54, 1.807) is 7.11 Å². The average molecular weight is 229 g/mol. The van der Waals surface area contributed by atoms with Gasteiger partial charge in [-0.2, -0.15) is 5.10 Å². The van der Waals surface area contributed by atoms with Crippen molar-refractivity contribution in [2.24, 2.45) is 0 Å². The first-order valence-corrected chi connectivity index (χ1v) is 4.65. The van der Waals surface area contributed by atoms with Crippen molar-refractivity contribution in [3.63, 3.8) is 0 Å². The van der Waals surface area contributed by atoms with Crippen LogP contribution in [0.25, 0.3) is 5.76 Å². The lowest BCUT2D eigenvalue weighted by molar-refractivity contribution is 0.365. The summed E-state index contributed by atoms with van der Waals surface area (Å²) in [4.78, 5) is 0.359. The second-order valence-electron chi connectivity index (χ2n) is 2.73. The fourth-order valence-electron chi connectivity index (χ4n) is 1.37. The van der Waals surface area contributed by atoms with Gasteiger partial charge in [0.1, 0.15) is 11.5 Å². The topological polar surface area (TPSA) is 37.9 Å². The van der Waals surface area contributed by atoms with Gasteiger partial charge in [0.25, 0.3) is 0 Å². The fourth-order valence-corrected chi connectivity index (χ4v) is 1.95. The van der Waals surface area contributed by atoms with Crippen LogP contribution in [0.15, 0.2) is 12.3 Å². The molecule has 2 rings (SSSR count). The van der Waals surface area contributed by atoms with E-state index >= 15 is 0 Å². The van der Waals surface area contributed by atoms with E-state index in [2.05, 4.69) is 26.1 Å². The summed E-state index contributed by atoms with van der Waals surface area (Å²) in [5, 5.41) is 6.88. The number of methoxy groups -OCH3 is 1. The Morgan fingerprint density at radius 3 is 3.33 bits per heavy atom. The van der Waals surface area contributed by atoms with Crippen LogP contribution in [0.4, 0.5) is 0 Å². The molecule has 0 radical (unpaired) electrons. The van der Waals surface area contributed by atoms with Crippen molar-refractivity contribution in [2.75, 3.05) is 7.11 Å². The second-order valence-corrected chi connectivity index (χ2v) is 3.90. The normalized spacial score (nSPS) is 21.5. The van der Waals surface area contributed by atoms with Crippen molar-refractivity contribution in [2.45, 2.75) is 11.2 Å². The maximum absolute atomic E-state index is 5.21. The smallest absolute Gasteiger partial charge is 0.141 e. The number of nitrogens with one attached hydrogen (secondary N) is 1. The molecular weight excluding hydrogens is 220 g/mol. The number of rotatable bonds is 1. The molecule has 0 aromatic carbocycles. The molecule has 1 heterocycles. The van der Waals surface area contributed by atoms with E-state index in [-0.39, 0.29) is 0 Å². The maximum atomic E-state index is 5.21. The molecule has 0 saturated carbocycles. The number of alkyl halides is 1. The van der Waals surface area contributed by atoms with E-state index in [4.69, 9.17) is 4.74 Å².